The van der Waals surface area contributed by atoms with Gasteiger partial charge >= 0.3 is 0 Å². The average Bonchev–Trinajstić information content (AvgIpc) is 3.35. The van der Waals surface area contributed by atoms with E-state index in [9.17, 15) is 0 Å². The fourth-order valence-corrected chi connectivity index (χ4v) is 10.7. The SMILES string of the molecule is C[Si]1(C)c2ccccc2-c2cccc(-c3cc(-c4cccc(-c5ccccc5)c4)cc(-c4cccc(-c5ccccc5)c4)c3)c21. The Bertz CT molecular complexity index is 2070. The number of rotatable bonds is 5. The Balaban J connectivity index is 1.34. The first-order valence-corrected chi connectivity index (χ1v) is 18.8. The molecule has 7 aromatic rings. The zero-order valence-corrected chi connectivity index (χ0v) is 26.7. The third-order valence-electron chi connectivity index (χ3n) is 9.43. The molecule has 45 heavy (non-hydrogen) atoms. The molecule has 0 nitrogen and oxygen atoms in total. The van der Waals surface area contributed by atoms with Gasteiger partial charge < -0.3 is 0 Å². The van der Waals surface area contributed by atoms with Crippen LogP contribution in [0.15, 0.2) is 170 Å². The lowest BCUT2D eigenvalue weighted by molar-refractivity contribution is 1.55. The number of hydrogen-bond acceptors (Lipinski definition) is 0. The predicted molar refractivity (Wildman–Crippen MR) is 196 cm³/mol. The van der Waals surface area contributed by atoms with Gasteiger partial charge in [0.05, 0.1) is 0 Å². The Kier molecular flexibility index (Phi) is 6.70. The Labute approximate surface area is 267 Å². The summed E-state index contributed by atoms with van der Waals surface area (Å²) >= 11 is 0. The highest BCUT2D eigenvalue weighted by Gasteiger charge is 2.39. The van der Waals surface area contributed by atoms with Crippen molar-refractivity contribution in [1.29, 1.82) is 0 Å². The third-order valence-corrected chi connectivity index (χ3v) is 13.0. The molecule has 1 heteroatoms. The lowest BCUT2D eigenvalue weighted by Gasteiger charge is -2.23. The quantitative estimate of drug-likeness (QED) is 0.175. The fraction of sp³-hybridized carbons (Fsp3) is 0.0455. The molecule has 1 aliphatic rings. The lowest BCUT2D eigenvalue weighted by Crippen LogP contribution is -2.50. The molecule has 0 spiro atoms. The number of fused-ring (bicyclic) bond motifs is 3. The molecule has 0 amide bonds. The molecule has 0 radical (unpaired) electrons. The smallest absolute Gasteiger partial charge is 0.0623 e. The minimum Gasteiger partial charge on any atom is -0.0623 e. The highest BCUT2D eigenvalue weighted by Crippen LogP contribution is 2.38. The molecule has 7 aromatic carbocycles. The number of benzene rings is 7. The molecular weight excluding hydrogens is 557 g/mol. The molecule has 0 unspecified atom stereocenters. The van der Waals surface area contributed by atoms with E-state index in [1.54, 1.807) is 5.19 Å². The topological polar surface area (TPSA) is 0 Å². The van der Waals surface area contributed by atoms with E-state index in [-0.39, 0.29) is 0 Å². The summed E-state index contributed by atoms with van der Waals surface area (Å²) in [5.74, 6) is 0. The van der Waals surface area contributed by atoms with E-state index in [0.717, 1.165) is 0 Å². The van der Waals surface area contributed by atoms with Crippen LogP contribution in [0.25, 0.3) is 66.8 Å². The highest BCUT2D eigenvalue weighted by molar-refractivity contribution is 7.04. The van der Waals surface area contributed by atoms with Crippen LogP contribution in [0.5, 0.6) is 0 Å². The summed E-state index contributed by atoms with van der Waals surface area (Å²) < 4.78 is 0. The fourth-order valence-electron chi connectivity index (χ4n) is 7.22. The summed E-state index contributed by atoms with van der Waals surface area (Å²) in [4.78, 5) is 0. The van der Waals surface area contributed by atoms with Crippen molar-refractivity contribution in [2.75, 3.05) is 0 Å². The minimum atomic E-state index is -1.91. The molecule has 0 fully saturated rings. The molecule has 214 valence electrons. The normalized spacial score (nSPS) is 12.8. The van der Waals surface area contributed by atoms with Gasteiger partial charge in [-0.3, -0.25) is 0 Å². The van der Waals surface area contributed by atoms with Gasteiger partial charge in [-0.1, -0.05) is 153 Å². The van der Waals surface area contributed by atoms with Crippen molar-refractivity contribution in [3.05, 3.63) is 170 Å². The molecule has 0 saturated heterocycles. The Morgan fingerprint density at radius 3 is 1.24 bits per heavy atom. The van der Waals surface area contributed by atoms with Crippen LogP contribution in [0.2, 0.25) is 13.1 Å². The Morgan fingerprint density at radius 1 is 0.289 bits per heavy atom. The molecular formula is C44H34Si. The van der Waals surface area contributed by atoms with E-state index in [0.29, 0.717) is 0 Å². The van der Waals surface area contributed by atoms with Crippen LogP contribution in [-0.4, -0.2) is 8.07 Å². The van der Waals surface area contributed by atoms with Crippen molar-refractivity contribution in [3.63, 3.8) is 0 Å². The molecule has 1 aliphatic heterocycles. The van der Waals surface area contributed by atoms with Crippen molar-refractivity contribution >= 4 is 18.4 Å². The predicted octanol–water partition coefficient (Wildman–Crippen LogP) is 10.8. The molecule has 0 saturated carbocycles. The molecule has 1 heterocycles. The summed E-state index contributed by atoms with van der Waals surface area (Å²) in [6.45, 7) is 5.02. The zero-order valence-electron chi connectivity index (χ0n) is 25.7. The minimum absolute atomic E-state index is 1.23. The largest absolute Gasteiger partial charge is 0.114 e. The van der Waals surface area contributed by atoms with Crippen molar-refractivity contribution in [3.8, 4) is 66.8 Å². The van der Waals surface area contributed by atoms with Gasteiger partial charge in [0.1, 0.15) is 8.07 Å². The van der Waals surface area contributed by atoms with Crippen molar-refractivity contribution in [1.82, 2.24) is 0 Å². The summed E-state index contributed by atoms with van der Waals surface area (Å²) in [5, 5.41) is 3.08. The van der Waals surface area contributed by atoms with Crippen LogP contribution in [0.4, 0.5) is 0 Å². The van der Waals surface area contributed by atoms with Gasteiger partial charge in [0.25, 0.3) is 0 Å². The van der Waals surface area contributed by atoms with Crippen LogP contribution in [-0.2, 0) is 0 Å². The maximum Gasteiger partial charge on any atom is 0.114 e. The van der Waals surface area contributed by atoms with Crippen LogP contribution in [0.3, 0.4) is 0 Å². The second-order valence-electron chi connectivity index (χ2n) is 12.6. The van der Waals surface area contributed by atoms with E-state index in [2.05, 4.69) is 183 Å². The Hall–Kier alpha value is -5.24. The zero-order chi connectivity index (χ0) is 30.4. The molecule has 0 aliphatic carbocycles. The van der Waals surface area contributed by atoms with Crippen LogP contribution in [0, 0.1) is 0 Å². The van der Waals surface area contributed by atoms with E-state index >= 15 is 0 Å². The summed E-state index contributed by atoms with van der Waals surface area (Å²) in [5.41, 5.74) is 15.3. The van der Waals surface area contributed by atoms with E-state index in [1.807, 2.05) is 0 Å². The summed E-state index contributed by atoms with van der Waals surface area (Å²) in [6.07, 6.45) is 0. The van der Waals surface area contributed by atoms with Gasteiger partial charge in [0.2, 0.25) is 0 Å². The van der Waals surface area contributed by atoms with Crippen molar-refractivity contribution in [2.24, 2.45) is 0 Å². The monoisotopic (exact) mass is 590 g/mol. The van der Waals surface area contributed by atoms with E-state index in [1.165, 1.54) is 71.9 Å². The third kappa shape index (κ3) is 4.86. The second kappa shape index (κ2) is 11.0. The highest BCUT2D eigenvalue weighted by atomic mass is 28.3. The van der Waals surface area contributed by atoms with Gasteiger partial charge in [-0.2, -0.15) is 0 Å². The number of hydrogen-bond donors (Lipinski definition) is 0. The maximum atomic E-state index is 2.51. The molecule has 0 atom stereocenters. The standard InChI is InChI=1S/C44H34Si/c1-45(2)43-25-10-9-22-41(43)42-24-13-23-40(44(42)45)39-29-37(35-20-11-18-33(26-35)31-14-5-3-6-15-31)28-38(30-39)36-21-12-19-34(27-36)32-16-7-4-8-17-32/h3-30H,1-2H3. The first kappa shape index (κ1) is 27.3. The van der Waals surface area contributed by atoms with Gasteiger partial charge in [0.15, 0.2) is 0 Å². The lowest BCUT2D eigenvalue weighted by atomic mass is 9.90. The van der Waals surface area contributed by atoms with E-state index in [4.69, 9.17) is 0 Å². The molecule has 0 N–H and O–H groups in total. The maximum absolute atomic E-state index is 2.51. The van der Waals surface area contributed by atoms with Gasteiger partial charge in [-0.15, -0.1) is 0 Å². The van der Waals surface area contributed by atoms with Crippen LogP contribution < -0.4 is 10.4 Å². The second-order valence-corrected chi connectivity index (χ2v) is 16.9. The van der Waals surface area contributed by atoms with Gasteiger partial charge in [0, 0.05) is 0 Å². The molecule has 0 aromatic heterocycles. The first-order valence-electron chi connectivity index (χ1n) is 15.8. The molecule has 8 rings (SSSR count). The van der Waals surface area contributed by atoms with E-state index < -0.39 is 8.07 Å². The van der Waals surface area contributed by atoms with Crippen molar-refractivity contribution in [2.45, 2.75) is 13.1 Å². The Morgan fingerprint density at radius 2 is 0.667 bits per heavy atom. The van der Waals surface area contributed by atoms with Gasteiger partial charge in [-0.25, -0.2) is 0 Å². The summed E-state index contributed by atoms with van der Waals surface area (Å²) in [7, 11) is -1.91. The van der Waals surface area contributed by atoms with Crippen LogP contribution >= 0.6 is 0 Å². The first-order chi connectivity index (χ1) is 22.1. The molecule has 0 bridgehead atoms. The average molecular weight is 591 g/mol. The van der Waals surface area contributed by atoms with Gasteiger partial charge in [-0.05, 0) is 107 Å². The summed E-state index contributed by atoms with van der Waals surface area (Å²) in [6, 6.07) is 62.5. The van der Waals surface area contributed by atoms with Crippen LogP contribution in [0.1, 0.15) is 0 Å². The van der Waals surface area contributed by atoms with Crippen molar-refractivity contribution < 1.29 is 0 Å².